The topological polar surface area (TPSA) is 125 Å². The minimum absolute atomic E-state index is 0.176. The van der Waals surface area contributed by atoms with Crippen LogP contribution in [0.5, 0.6) is 5.75 Å². The van der Waals surface area contributed by atoms with Crippen LogP contribution in [0.3, 0.4) is 0 Å². The van der Waals surface area contributed by atoms with Crippen molar-refractivity contribution in [1.82, 2.24) is 0 Å². The van der Waals surface area contributed by atoms with E-state index in [-0.39, 0.29) is 24.1 Å². The molecule has 0 fully saturated rings. The van der Waals surface area contributed by atoms with Gasteiger partial charge in [0.15, 0.2) is 0 Å². The highest BCUT2D eigenvalue weighted by molar-refractivity contribution is 5.86. The standard InChI is InChI=1S/C11H12O3.C7H12O2.C5H8O2.C4H6O2/c1-2-11(12)14-9-8-13-10-6-4-3-5-7-10;1-3-5-6-9-7(8)4-2;1-4(2)5(6)7-3;1-3(2)4(5)6/h2-7H,1,8-9H2;4H,2-3,5-6H2,1H3;1H2,2-3H3;1H2,2H3,(H,5,6). The first-order chi connectivity index (χ1) is 17.0. The monoisotopic (exact) mass is 506 g/mol. The van der Waals surface area contributed by atoms with Gasteiger partial charge in [0, 0.05) is 23.3 Å². The van der Waals surface area contributed by atoms with Crippen LogP contribution in [0.4, 0.5) is 0 Å². The van der Waals surface area contributed by atoms with Gasteiger partial charge in [-0.25, -0.2) is 19.2 Å². The van der Waals surface area contributed by atoms with Crippen molar-refractivity contribution in [3.63, 3.8) is 0 Å². The van der Waals surface area contributed by atoms with Crippen molar-refractivity contribution in [2.45, 2.75) is 33.6 Å². The molecular weight excluding hydrogens is 468 g/mol. The third-order valence-corrected chi connectivity index (χ3v) is 3.31. The Morgan fingerprint density at radius 3 is 1.67 bits per heavy atom. The number of methoxy groups -OCH3 is 1. The first-order valence-electron chi connectivity index (χ1n) is 10.8. The van der Waals surface area contributed by atoms with E-state index in [2.05, 4.69) is 35.8 Å². The summed E-state index contributed by atoms with van der Waals surface area (Å²) in [5.41, 5.74) is 0.609. The van der Waals surface area contributed by atoms with Gasteiger partial charge in [0.25, 0.3) is 0 Å². The van der Waals surface area contributed by atoms with E-state index in [4.69, 9.17) is 14.6 Å². The maximum atomic E-state index is 10.6. The zero-order valence-electron chi connectivity index (χ0n) is 21.6. The molecule has 0 radical (unpaired) electrons. The Labute approximate surface area is 213 Å². The van der Waals surface area contributed by atoms with Crippen molar-refractivity contribution in [1.29, 1.82) is 0 Å². The molecule has 9 nitrogen and oxygen atoms in total. The van der Waals surface area contributed by atoms with Crippen molar-refractivity contribution in [2.24, 2.45) is 0 Å². The van der Waals surface area contributed by atoms with E-state index in [1.807, 2.05) is 37.3 Å². The molecule has 0 aromatic heterocycles. The summed E-state index contributed by atoms with van der Waals surface area (Å²) >= 11 is 0. The van der Waals surface area contributed by atoms with Gasteiger partial charge < -0.3 is 24.1 Å². The summed E-state index contributed by atoms with van der Waals surface area (Å²) in [6, 6.07) is 9.35. The van der Waals surface area contributed by atoms with Gasteiger partial charge in [-0.05, 0) is 32.4 Å². The van der Waals surface area contributed by atoms with E-state index in [0.717, 1.165) is 24.7 Å². The van der Waals surface area contributed by atoms with Crippen molar-refractivity contribution >= 4 is 23.9 Å². The molecule has 1 aromatic rings. The number of esters is 3. The molecule has 200 valence electrons. The molecule has 9 heteroatoms. The number of carboxylic acid groups (broad SMARTS) is 1. The van der Waals surface area contributed by atoms with E-state index in [1.54, 1.807) is 6.92 Å². The number of unbranched alkanes of at least 4 members (excludes halogenated alkanes) is 1. The fourth-order valence-electron chi connectivity index (χ4n) is 1.43. The van der Waals surface area contributed by atoms with Gasteiger partial charge in [-0.1, -0.05) is 57.9 Å². The maximum absolute atomic E-state index is 10.6. The summed E-state index contributed by atoms with van der Waals surface area (Å²) in [6.07, 6.45) is 4.28. The number of hydrogen-bond donors (Lipinski definition) is 1. The minimum atomic E-state index is -0.935. The number of carboxylic acids is 1. The first-order valence-corrected chi connectivity index (χ1v) is 10.8. The summed E-state index contributed by atoms with van der Waals surface area (Å²) < 4.78 is 19.0. The predicted molar refractivity (Wildman–Crippen MR) is 138 cm³/mol. The number of carbonyl (C=O) groups excluding carboxylic acids is 3. The Morgan fingerprint density at radius 2 is 1.33 bits per heavy atom. The second-order valence-electron chi connectivity index (χ2n) is 6.62. The molecule has 1 aromatic carbocycles. The number of hydrogen-bond acceptors (Lipinski definition) is 8. The van der Waals surface area contributed by atoms with Crippen LogP contribution >= 0.6 is 0 Å². The van der Waals surface area contributed by atoms with Gasteiger partial charge in [0.05, 0.1) is 13.7 Å². The number of para-hydroxylation sites is 1. The second-order valence-corrected chi connectivity index (χ2v) is 6.62. The van der Waals surface area contributed by atoms with E-state index >= 15 is 0 Å². The first kappa shape index (κ1) is 36.4. The molecular formula is C27H38O9. The molecule has 0 spiro atoms. The fraction of sp³-hybridized carbons (Fsp3) is 0.333. The summed E-state index contributed by atoms with van der Waals surface area (Å²) in [5, 5.41) is 7.89. The third-order valence-electron chi connectivity index (χ3n) is 3.31. The highest BCUT2D eigenvalue weighted by Gasteiger charge is 1.96. The molecule has 0 amide bonds. The lowest BCUT2D eigenvalue weighted by atomic mass is 10.3. The van der Waals surface area contributed by atoms with E-state index < -0.39 is 11.9 Å². The van der Waals surface area contributed by atoms with Gasteiger partial charge in [-0.3, -0.25) is 0 Å². The zero-order valence-corrected chi connectivity index (χ0v) is 21.6. The Hall–Kier alpha value is -4.14. The van der Waals surface area contributed by atoms with Crippen LogP contribution in [0.25, 0.3) is 0 Å². The average molecular weight is 507 g/mol. The Morgan fingerprint density at radius 1 is 0.861 bits per heavy atom. The normalized spacial score (nSPS) is 8.44. The van der Waals surface area contributed by atoms with Gasteiger partial charge in [-0.2, -0.15) is 0 Å². The highest BCUT2D eigenvalue weighted by atomic mass is 16.6. The molecule has 0 bridgehead atoms. The smallest absolute Gasteiger partial charge is 0.332 e. The molecule has 0 atom stereocenters. The van der Waals surface area contributed by atoms with Gasteiger partial charge in [-0.15, -0.1) is 0 Å². The fourth-order valence-corrected chi connectivity index (χ4v) is 1.43. The minimum Gasteiger partial charge on any atom is -0.490 e. The Kier molecular flexibility index (Phi) is 25.8. The summed E-state index contributed by atoms with van der Waals surface area (Å²) in [5.74, 6) is -1.28. The SMILES string of the molecule is C=C(C)C(=O)O.C=C(C)C(=O)OC.C=CC(=O)OCCCC.C=CC(=O)OCCOc1ccccc1. The highest BCUT2D eigenvalue weighted by Crippen LogP contribution is 2.07. The van der Waals surface area contributed by atoms with Crippen LogP contribution in [-0.4, -0.2) is 55.9 Å². The Bertz CT molecular complexity index is 815. The molecule has 0 saturated heterocycles. The molecule has 0 aliphatic rings. The molecule has 36 heavy (non-hydrogen) atoms. The van der Waals surface area contributed by atoms with Crippen LogP contribution < -0.4 is 4.74 Å². The molecule has 1 rings (SSSR count). The van der Waals surface area contributed by atoms with Crippen molar-refractivity contribution in [3.05, 3.63) is 79.9 Å². The van der Waals surface area contributed by atoms with Gasteiger partial charge in [0.1, 0.15) is 19.0 Å². The zero-order chi connectivity index (χ0) is 28.4. The molecule has 0 aliphatic heterocycles. The number of rotatable bonds is 11. The van der Waals surface area contributed by atoms with E-state index in [9.17, 15) is 19.2 Å². The van der Waals surface area contributed by atoms with Crippen LogP contribution in [0.2, 0.25) is 0 Å². The van der Waals surface area contributed by atoms with Crippen LogP contribution in [0.15, 0.2) is 79.9 Å². The maximum Gasteiger partial charge on any atom is 0.332 e. The molecule has 1 N–H and O–H groups in total. The summed E-state index contributed by atoms with van der Waals surface area (Å²) in [7, 11) is 1.33. The molecule has 0 heterocycles. The average Bonchev–Trinajstić information content (AvgIpc) is 2.87. The van der Waals surface area contributed by atoms with Crippen LogP contribution in [-0.2, 0) is 33.4 Å². The summed E-state index contributed by atoms with van der Waals surface area (Å²) in [4.78, 5) is 40.8. The Balaban J connectivity index is -0.000000431. The largest absolute Gasteiger partial charge is 0.490 e. The lowest BCUT2D eigenvalue weighted by Crippen LogP contribution is -2.09. The molecule has 0 aliphatic carbocycles. The number of benzene rings is 1. The number of carbonyl (C=O) groups is 4. The van der Waals surface area contributed by atoms with Gasteiger partial charge in [0.2, 0.25) is 0 Å². The van der Waals surface area contributed by atoms with Gasteiger partial charge >= 0.3 is 23.9 Å². The van der Waals surface area contributed by atoms with Crippen LogP contribution in [0.1, 0.15) is 33.6 Å². The quantitative estimate of drug-likeness (QED) is 0.197. The van der Waals surface area contributed by atoms with Crippen molar-refractivity contribution in [2.75, 3.05) is 26.9 Å². The lowest BCUT2D eigenvalue weighted by Gasteiger charge is -2.05. The van der Waals surface area contributed by atoms with E-state index in [0.29, 0.717) is 18.8 Å². The molecule has 0 unspecified atom stereocenters. The summed E-state index contributed by atoms with van der Waals surface area (Å²) in [6.45, 7) is 19.2. The lowest BCUT2D eigenvalue weighted by molar-refractivity contribution is -0.139. The third kappa shape index (κ3) is 27.9. The van der Waals surface area contributed by atoms with E-state index in [1.165, 1.54) is 20.1 Å². The van der Waals surface area contributed by atoms with Crippen molar-refractivity contribution in [3.8, 4) is 5.75 Å². The van der Waals surface area contributed by atoms with Crippen molar-refractivity contribution < 1.29 is 43.2 Å². The second kappa shape index (κ2) is 25.5. The molecule has 0 saturated carbocycles. The van der Waals surface area contributed by atoms with Crippen LogP contribution in [0, 0.1) is 0 Å². The number of ether oxygens (including phenoxy) is 4. The number of aliphatic carboxylic acids is 1. The predicted octanol–water partition coefficient (Wildman–Crippen LogP) is 4.69.